The first-order valence-electron chi connectivity index (χ1n) is 30.0. The van der Waals surface area contributed by atoms with Crippen molar-refractivity contribution in [1.82, 2.24) is 0 Å². The number of benzene rings is 14. The van der Waals surface area contributed by atoms with Crippen LogP contribution in [0.2, 0.25) is 0 Å². The third-order valence-corrected chi connectivity index (χ3v) is 16.2. The van der Waals surface area contributed by atoms with Gasteiger partial charge in [0.05, 0.1) is 0 Å². The molecular formula is C84H62N4. The summed E-state index contributed by atoms with van der Waals surface area (Å²) < 4.78 is 0. The van der Waals surface area contributed by atoms with Crippen LogP contribution in [0, 0.1) is 0 Å². The molecule has 14 aromatic carbocycles. The third-order valence-electron chi connectivity index (χ3n) is 16.2. The number of hydrogen-bond acceptors (Lipinski definition) is 4. The van der Waals surface area contributed by atoms with Gasteiger partial charge in [0.25, 0.3) is 0 Å². The maximum atomic E-state index is 2.36. The SMILES string of the molecule is c1ccc(-c2cccc(N(c3ccc(-c4ccc(N(c5ccccc5)c5ccccc5)cc4)cc3)c3ccc(-c4ccc(N(c5ccc(-c6ccc(N(c7ccccc7)c7ccccc7)cc6)cc5)c5cccc(-c6ccccc6)c5)cc4)cc3)c2)cc1. The molecule has 0 aliphatic rings. The van der Waals surface area contributed by atoms with Crippen molar-refractivity contribution in [2.45, 2.75) is 0 Å². The predicted molar refractivity (Wildman–Crippen MR) is 372 cm³/mol. The van der Waals surface area contributed by atoms with Crippen LogP contribution in [-0.2, 0) is 0 Å². The Morgan fingerprint density at radius 1 is 0.102 bits per heavy atom. The molecule has 0 aliphatic carbocycles. The number of hydrogen-bond donors (Lipinski definition) is 0. The summed E-state index contributed by atoms with van der Waals surface area (Å²) in [6, 6.07) is 135. The van der Waals surface area contributed by atoms with E-state index in [0.29, 0.717) is 0 Å². The molecule has 0 heterocycles. The van der Waals surface area contributed by atoms with Crippen molar-refractivity contribution in [3.05, 3.63) is 376 Å². The van der Waals surface area contributed by atoms with E-state index in [2.05, 4.69) is 396 Å². The Balaban J connectivity index is 0.756. The number of anilines is 12. The minimum absolute atomic E-state index is 1.06. The summed E-state index contributed by atoms with van der Waals surface area (Å²) in [7, 11) is 0. The lowest BCUT2D eigenvalue weighted by Gasteiger charge is -2.27. The Morgan fingerprint density at radius 3 is 0.466 bits per heavy atom. The van der Waals surface area contributed by atoms with Crippen LogP contribution >= 0.6 is 0 Å². The van der Waals surface area contributed by atoms with Gasteiger partial charge in [-0.1, -0.05) is 231 Å². The van der Waals surface area contributed by atoms with E-state index < -0.39 is 0 Å². The molecular weight excluding hydrogens is 1060 g/mol. The highest BCUT2D eigenvalue weighted by molar-refractivity contribution is 5.86. The number of para-hydroxylation sites is 4. The van der Waals surface area contributed by atoms with Gasteiger partial charge >= 0.3 is 0 Å². The van der Waals surface area contributed by atoms with Crippen molar-refractivity contribution in [2.75, 3.05) is 19.6 Å². The molecule has 0 aliphatic heterocycles. The van der Waals surface area contributed by atoms with Gasteiger partial charge in [-0.3, -0.25) is 0 Å². The summed E-state index contributed by atoms with van der Waals surface area (Å²) in [5.41, 5.74) is 24.6. The van der Waals surface area contributed by atoms with E-state index in [0.717, 1.165) is 113 Å². The van der Waals surface area contributed by atoms with Crippen LogP contribution in [0.3, 0.4) is 0 Å². The van der Waals surface area contributed by atoms with Gasteiger partial charge in [0.15, 0.2) is 0 Å². The topological polar surface area (TPSA) is 13.0 Å². The van der Waals surface area contributed by atoms with Gasteiger partial charge in [0, 0.05) is 68.2 Å². The maximum absolute atomic E-state index is 2.36. The summed E-state index contributed by atoms with van der Waals surface area (Å²) in [4.78, 5) is 9.31. The lowest BCUT2D eigenvalue weighted by atomic mass is 10.0. The third kappa shape index (κ3) is 11.7. The molecule has 0 saturated heterocycles. The summed E-state index contributed by atoms with van der Waals surface area (Å²) in [6.07, 6.45) is 0. The van der Waals surface area contributed by atoms with E-state index in [-0.39, 0.29) is 0 Å². The molecule has 88 heavy (non-hydrogen) atoms. The zero-order valence-electron chi connectivity index (χ0n) is 48.6. The minimum atomic E-state index is 1.06. The van der Waals surface area contributed by atoms with Crippen molar-refractivity contribution < 1.29 is 0 Å². The van der Waals surface area contributed by atoms with Gasteiger partial charge in [-0.25, -0.2) is 0 Å². The molecule has 418 valence electrons. The van der Waals surface area contributed by atoms with Gasteiger partial charge in [0.2, 0.25) is 0 Å². The Morgan fingerprint density at radius 2 is 0.250 bits per heavy atom. The van der Waals surface area contributed by atoms with E-state index in [4.69, 9.17) is 0 Å². The first kappa shape index (κ1) is 54.2. The highest BCUT2D eigenvalue weighted by Crippen LogP contribution is 2.43. The second kappa shape index (κ2) is 25.2. The van der Waals surface area contributed by atoms with Gasteiger partial charge in [-0.05, 0) is 201 Å². The highest BCUT2D eigenvalue weighted by Gasteiger charge is 2.19. The molecule has 0 amide bonds. The van der Waals surface area contributed by atoms with Crippen LogP contribution in [0.4, 0.5) is 68.2 Å². The monoisotopic (exact) mass is 1130 g/mol. The fraction of sp³-hybridized carbons (Fsp3) is 0. The average molecular weight is 1130 g/mol. The maximum Gasteiger partial charge on any atom is 0.0467 e. The molecule has 4 heteroatoms. The average Bonchev–Trinajstić information content (AvgIpc) is 2.69. The fourth-order valence-electron chi connectivity index (χ4n) is 11.8. The molecule has 0 saturated carbocycles. The fourth-order valence-corrected chi connectivity index (χ4v) is 11.8. The van der Waals surface area contributed by atoms with E-state index in [9.17, 15) is 0 Å². The second-order valence-electron chi connectivity index (χ2n) is 21.8. The van der Waals surface area contributed by atoms with Crippen molar-refractivity contribution >= 4 is 68.2 Å². The molecule has 0 aromatic heterocycles. The van der Waals surface area contributed by atoms with Crippen LogP contribution in [-0.4, -0.2) is 0 Å². The first-order chi connectivity index (χ1) is 43.6. The summed E-state index contributed by atoms with van der Waals surface area (Å²) in [5.74, 6) is 0. The zero-order valence-corrected chi connectivity index (χ0v) is 48.6. The van der Waals surface area contributed by atoms with Crippen LogP contribution in [0.5, 0.6) is 0 Å². The van der Waals surface area contributed by atoms with Crippen LogP contribution in [0.25, 0.3) is 55.6 Å². The standard InChI is InChI=1S/C84H62N4/c1-7-21-63(22-8-1)71-25-19-35-83(61-71)87(79-53-41-67(42-54-79)65-37-49-77(50-38-65)85(73-27-11-3-12-28-73)74-29-13-4-14-30-74)81-57-45-69(46-58-81)70-47-59-82(60-48-70)88(84-36-20-26-72(62-84)64-23-9-2-10-24-64)80-55-43-68(44-56-80)66-39-51-78(52-40-66)86(75-31-15-5-16-32-75)76-33-17-6-18-34-76/h1-62H. The summed E-state index contributed by atoms with van der Waals surface area (Å²) in [5, 5.41) is 0. The molecule has 14 aromatic rings. The summed E-state index contributed by atoms with van der Waals surface area (Å²) in [6.45, 7) is 0. The van der Waals surface area contributed by atoms with E-state index in [1.54, 1.807) is 0 Å². The Bertz CT molecular complexity index is 4150. The normalized spacial score (nSPS) is 11.0. The molecule has 0 bridgehead atoms. The summed E-state index contributed by atoms with van der Waals surface area (Å²) >= 11 is 0. The molecule has 0 unspecified atom stereocenters. The van der Waals surface area contributed by atoms with Crippen LogP contribution < -0.4 is 19.6 Å². The van der Waals surface area contributed by atoms with Gasteiger partial charge in [-0.15, -0.1) is 0 Å². The second-order valence-corrected chi connectivity index (χ2v) is 21.8. The largest absolute Gasteiger partial charge is 0.311 e. The lowest BCUT2D eigenvalue weighted by molar-refractivity contribution is 1.28. The highest BCUT2D eigenvalue weighted by atomic mass is 15.2. The van der Waals surface area contributed by atoms with E-state index >= 15 is 0 Å². The first-order valence-corrected chi connectivity index (χ1v) is 30.0. The van der Waals surface area contributed by atoms with E-state index in [1.807, 2.05) is 0 Å². The van der Waals surface area contributed by atoms with Crippen molar-refractivity contribution in [3.63, 3.8) is 0 Å². The molecule has 0 spiro atoms. The molecule has 0 N–H and O–H groups in total. The van der Waals surface area contributed by atoms with Crippen molar-refractivity contribution in [2.24, 2.45) is 0 Å². The zero-order chi connectivity index (χ0) is 58.9. The van der Waals surface area contributed by atoms with Crippen LogP contribution in [0.15, 0.2) is 376 Å². The van der Waals surface area contributed by atoms with E-state index in [1.165, 1.54) is 11.1 Å². The van der Waals surface area contributed by atoms with Gasteiger partial charge in [-0.2, -0.15) is 0 Å². The van der Waals surface area contributed by atoms with Gasteiger partial charge in [0.1, 0.15) is 0 Å². The lowest BCUT2D eigenvalue weighted by Crippen LogP contribution is -2.10. The predicted octanol–water partition coefficient (Wildman–Crippen LogP) is 23.9. The van der Waals surface area contributed by atoms with Crippen molar-refractivity contribution in [1.29, 1.82) is 0 Å². The van der Waals surface area contributed by atoms with Gasteiger partial charge < -0.3 is 19.6 Å². The quantitative estimate of drug-likeness (QED) is 0.0901. The molecule has 0 radical (unpaired) electrons. The van der Waals surface area contributed by atoms with Crippen LogP contribution in [0.1, 0.15) is 0 Å². The molecule has 0 atom stereocenters. The Hall–Kier alpha value is -11.7. The molecule has 14 rings (SSSR count). The number of rotatable bonds is 17. The number of nitrogens with zero attached hydrogens (tertiary/aromatic N) is 4. The van der Waals surface area contributed by atoms with Crippen molar-refractivity contribution in [3.8, 4) is 55.6 Å². The smallest absolute Gasteiger partial charge is 0.0467 e. The molecule has 0 fully saturated rings. The molecule has 4 nitrogen and oxygen atoms in total. The minimum Gasteiger partial charge on any atom is -0.311 e. The Kier molecular flexibility index (Phi) is 15.6. The Labute approximate surface area is 516 Å².